The molecule has 1 rings (SSSR count). The van der Waals surface area contributed by atoms with Crippen molar-refractivity contribution in [3.05, 3.63) is 23.8 Å². The number of amides is 2. The van der Waals surface area contributed by atoms with E-state index >= 15 is 0 Å². The van der Waals surface area contributed by atoms with Gasteiger partial charge in [-0.2, -0.15) is 0 Å². The zero-order valence-corrected chi connectivity index (χ0v) is 10.8. The molecule has 0 radical (unpaired) electrons. The number of carbonyl (C=O) groups is 3. The molecule has 1 aromatic carbocycles. The molecule has 0 aliphatic carbocycles. The minimum Gasteiger partial charge on any atom is -0.478 e. The van der Waals surface area contributed by atoms with Crippen molar-refractivity contribution in [2.24, 2.45) is 0 Å². The number of anilines is 2. The van der Waals surface area contributed by atoms with Gasteiger partial charge < -0.3 is 15.7 Å². The maximum atomic E-state index is 11.5. The van der Waals surface area contributed by atoms with Crippen LogP contribution in [0.25, 0.3) is 0 Å². The Morgan fingerprint density at radius 3 is 2.42 bits per heavy atom. The minimum absolute atomic E-state index is 0.0595. The van der Waals surface area contributed by atoms with E-state index in [2.05, 4.69) is 10.6 Å². The number of hydrogen-bond donors (Lipinski definition) is 3. The van der Waals surface area contributed by atoms with E-state index in [-0.39, 0.29) is 23.1 Å². The second-order valence-corrected chi connectivity index (χ2v) is 4.04. The molecule has 0 fully saturated rings. The smallest absolute Gasteiger partial charge is 0.337 e. The fourth-order valence-electron chi connectivity index (χ4n) is 1.55. The SMILES string of the molecule is CCCC(=O)Nc1ccc(NC(C)=O)cc1C(=O)O. The van der Waals surface area contributed by atoms with E-state index in [1.807, 2.05) is 6.92 Å². The number of carboxylic acids is 1. The number of benzene rings is 1. The van der Waals surface area contributed by atoms with E-state index in [0.717, 1.165) is 0 Å². The van der Waals surface area contributed by atoms with Crippen molar-refractivity contribution in [3.8, 4) is 0 Å². The normalized spacial score (nSPS) is 9.79. The number of rotatable bonds is 5. The molecule has 0 atom stereocenters. The average molecular weight is 264 g/mol. The van der Waals surface area contributed by atoms with E-state index in [1.54, 1.807) is 0 Å². The van der Waals surface area contributed by atoms with Crippen molar-refractivity contribution in [3.63, 3.8) is 0 Å². The van der Waals surface area contributed by atoms with Crippen molar-refractivity contribution < 1.29 is 19.5 Å². The summed E-state index contributed by atoms with van der Waals surface area (Å²) >= 11 is 0. The van der Waals surface area contributed by atoms with Crippen LogP contribution in [0, 0.1) is 0 Å². The number of nitrogens with one attached hydrogen (secondary N) is 2. The lowest BCUT2D eigenvalue weighted by Crippen LogP contribution is -2.15. The Morgan fingerprint density at radius 1 is 1.21 bits per heavy atom. The van der Waals surface area contributed by atoms with E-state index in [0.29, 0.717) is 18.5 Å². The monoisotopic (exact) mass is 264 g/mol. The van der Waals surface area contributed by atoms with Crippen LogP contribution in [0.3, 0.4) is 0 Å². The van der Waals surface area contributed by atoms with Crippen LogP contribution in [-0.2, 0) is 9.59 Å². The molecule has 0 bridgehead atoms. The quantitative estimate of drug-likeness (QED) is 0.758. The molecule has 6 heteroatoms. The summed E-state index contributed by atoms with van der Waals surface area (Å²) in [7, 11) is 0. The Kier molecular flexibility index (Phi) is 5.05. The van der Waals surface area contributed by atoms with Crippen LogP contribution in [0.1, 0.15) is 37.0 Å². The highest BCUT2D eigenvalue weighted by Gasteiger charge is 2.13. The zero-order valence-electron chi connectivity index (χ0n) is 10.8. The molecule has 0 spiro atoms. The molecule has 0 aliphatic heterocycles. The standard InChI is InChI=1S/C13H16N2O4/c1-3-4-12(17)15-11-6-5-9(14-8(2)16)7-10(11)13(18)19/h5-7H,3-4H2,1-2H3,(H,14,16)(H,15,17)(H,18,19). The van der Waals surface area contributed by atoms with Gasteiger partial charge in [-0.15, -0.1) is 0 Å². The summed E-state index contributed by atoms with van der Waals surface area (Å²) in [5.41, 5.74) is 0.536. The van der Waals surface area contributed by atoms with Crippen molar-refractivity contribution in [1.82, 2.24) is 0 Å². The molecule has 19 heavy (non-hydrogen) atoms. The first-order valence-corrected chi connectivity index (χ1v) is 5.88. The van der Waals surface area contributed by atoms with Crippen LogP contribution < -0.4 is 10.6 Å². The molecule has 0 saturated carbocycles. The summed E-state index contributed by atoms with van der Waals surface area (Å²) in [6.45, 7) is 3.19. The largest absolute Gasteiger partial charge is 0.478 e. The highest BCUT2D eigenvalue weighted by Crippen LogP contribution is 2.21. The van der Waals surface area contributed by atoms with Gasteiger partial charge in [0.05, 0.1) is 11.3 Å². The van der Waals surface area contributed by atoms with Gasteiger partial charge in [0.2, 0.25) is 11.8 Å². The minimum atomic E-state index is -1.17. The molecular formula is C13H16N2O4. The van der Waals surface area contributed by atoms with Gasteiger partial charge in [0.1, 0.15) is 0 Å². The molecule has 3 N–H and O–H groups in total. The molecule has 1 aromatic rings. The highest BCUT2D eigenvalue weighted by molar-refractivity contribution is 6.02. The third-order valence-electron chi connectivity index (χ3n) is 2.32. The predicted molar refractivity (Wildman–Crippen MR) is 71.2 cm³/mol. The maximum absolute atomic E-state index is 11.5. The average Bonchev–Trinajstić information content (AvgIpc) is 2.30. The molecule has 0 heterocycles. The fourth-order valence-corrected chi connectivity index (χ4v) is 1.55. The van der Waals surface area contributed by atoms with Gasteiger partial charge in [-0.3, -0.25) is 9.59 Å². The van der Waals surface area contributed by atoms with Crippen LogP contribution in [0.5, 0.6) is 0 Å². The Hall–Kier alpha value is -2.37. The van der Waals surface area contributed by atoms with Gasteiger partial charge in [0.15, 0.2) is 0 Å². The molecule has 0 unspecified atom stereocenters. The van der Waals surface area contributed by atoms with Gasteiger partial charge in [0.25, 0.3) is 0 Å². The van der Waals surface area contributed by atoms with Crippen LogP contribution in [0.4, 0.5) is 11.4 Å². The maximum Gasteiger partial charge on any atom is 0.337 e. The zero-order chi connectivity index (χ0) is 14.4. The van der Waals surface area contributed by atoms with Crippen LogP contribution >= 0.6 is 0 Å². The summed E-state index contributed by atoms with van der Waals surface area (Å²) in [5.74, 6) is -1.70. The van der Waals surface area contributed by atoms with E-state index in [9.17, 15) is 14.4 Å². The highest BCUT2D eigenvalue weighted by atomic mass is 16.4. The molecular weight excluding hydrogens is 248 g/mol. The summed E-state index contributed by atoms with van der Waals surface area (Å²) in [6.07, 6.45) is 1.00. The van der Waals surface area contributed by atoms with Crippen molar-refractivity contribution in [2.45, 2.75) is 26.7 Å². The van der Waals surface area contributed by atoms with Gasteiger partial charge in [-0.25, -0.2) is 4.79 Å². The molecule has 102 valence electrons. The summed E-state index contributed by atoms with van der Waals surface area (Å²) in [5, 5.41) is 14.1. The topological polar surface area (TPSA) is 95.5 Å². The first-order valence-electron chi connectivity index (χ1n) is 5.88. The Bertz CT molecular complexity index is 511. The lowest BCUT2D eigenvalue weighted by Gasteiger charge is -2.10. The number of aromatic carboxylic acids is 1. The number of carbonyl (C=O) groups excluding carboxylic acids is 2. The number of carboxylic acid groups (broad SMARTS) is 1. The first kappa shape index (κ1) is 14.7. The Balaban J connectivity index is 3.01. The van der Waals surface area contributed by atoms with E-state index in [1.165, 1.54) is 25.1 Å². The van der Waals surface area contributed by atoms with Crippen LogP contribution in [0.2, 0.25) is 0 Å². The first-order chi connectivity index (χ1) is 8.93. The summed E-state index contributed by atoms with van der Waals surface area (Å²) in [6, 6.07) is 4.31. The third kappa shape index (κ3) is 4.42. The third-order valence-corrected chi connectivity index (χ3v) is 2.32. The van der Waals surface area contributed by atoms with Crippen molar-refractivity contribution >= 4 is 29.2 Å². The van der Waals surface area contributed by atoms with Crippen LogP contribution in [-0.4, -0.2) is 22.9 Å². The summed E-state index contributed by atoms with van der Waals surface area (Å²) < 4.78 is 0. The molecule has 0 aromatic heterocycles. The lowest BCUT2D eigenvalue weighted by atomic mass is 10.1. The second kappa shape index (κ2) is 6.53. The van der Waals surface area contributed by atoms with Crippen molar-refractivity contribution in [1.29, 1.82) is 0 Å². The summed E-state index contributed by atoms with van der Waals surface area (Å²) in [4.78, 5) is 33.5. The predicted octanol–water partition coefficient (Wildman–Crippen LogP) is 2.08. The van der Waals surface area contributed by atoms with Gasteiger partial charge in [-0.1, -0.05) is 6.92 Å². The molecule has 0 saturated heterocycles. The number of hydrogen-bond acceptors (Lipinski definition) is 3. The Morgan fingerprint density at radius 2 is 1.89 bits per heavy atom. The van der Waals surface area contributed by atoms with Crippen molar-refractivity contribution in [2.75, 3.05) is 10.6 Å². The van der Waals surface area contributed by atoms with Gasteiger partial charge in [0, 0.05) is 19.0 Å². The Labute approximate surface area is 110 Å². The molecule has 6 nitrogen and oxygen atoms in total. The van der Waals surface area contributed by atoms with Gasteiger partial charge in [-0.05, 0) is 24.6 Å². The molecule has 2 amide bonds. The second-order valence-electron chi connectivity index (χ2n) is 4.04. The fraction of sp³-hybridized carbons (Fsp3) is 0.308. The molecule has 0 aliphatic rings. The lowest BCUT2D eigenvalue weighted by molar-refractivity contribution is -0.116. The van der Waals surface area contributed by atoms with Gasteiger partial charge >= 0.3 is 5.97 Å². The van der Waals surface area contributed by atoms with E-state index in [4.69, 9.17) is 5.11 Å². The van der Waals surface area contributed by atoms with E-state index < -0.39 is 5.97 Å². The van der Waals surface area contributed by atoms with Crippen LogP contribution in [0.15, 0.2) is 18.2 Å².